The zero-order chi connectivity index (χ0) is 17.2. The lowest BCUT2D eigenvalue weighted by molar-refractivity contribution is 0.117. The smallest absolute Gasteiger partial charge is 0.241 e. The Hall–Kier alpha value is -1.47. The van der Waals surface area contributed by atoms with Gasteiger partial charge in [0.05, 0.1) is 11.0 Å². The number of sulfonamides is 1. The van der Waals surface area contributed by atoms with Crippen LogP contribution in [0.5, 0.6) is 0 Å². The normalized spacial score (nSPS) is 21.6. The van der Waals surface area contributed by atoms with E-state index in [0.717, 1.165) is 19.3 Å². The van der Waals surface area contributed by atoms with Gasteiger partial charge in [-0.2, -0.15) is 0 Å². The van der Waals surface area contributed by atoms with Crippen LogP contribution in [0.2, 0.25) is 5.02 Å². The van der Waals surface area contributed by atoms with E-state index in [9.17, 15) is 13.5 Å². The zero-order valence-electron chi connectivity index (χ0n) is 13.0. The molecule has 5 nitrogen and oxygen atoms in total. The molecule has 24 heavy (non-hydrogen) atoms. The Morgan fingerprint density at radius 2 is 2.04 bits per heavy atom. The van der Waals surface area contributed by atoms with Gasteiger partial charge in [0.15, 0.2) is 0 Å². The molecule has 1 aliphatic rings. The van der Waals surface area contributed by atoms with E-state index in [0.29, 0.717) is 22.6 Å². The average molecular weight is 367 g/mol. The number of halogens is 1. The van der Waals surface area contributed by atoms with Crippen molar-refractivity contribution in [3.05, 3.63) is 47.7 Å². The fraction of sp³-hybridized carbons (Fsp3) is 0.353. The summed E-state index contributed by atoms with van der Waals surface area (Å²) in [5.74, 6) is 0. The van der Waals surface area contributed by atoms with E-state index >= 15 is 0 Å². The van der Waals surface area contributed by atoms with Crippen molar-refractivity contribution in [3.63, 3.8) is 0 Å². The summed E-state index contributed by atoms with van der Waals surface area (Å²) in [6.45, 7) is 0. The summed E-state index contributed by atoms with van der Waals surface area (Å²) >= 11 is 6.28. The van der Waals surface area contributed by atoms with E-state index in [1.54, 1.807) is 36.7 Å². The minimum absolute atomic E-state index is 0.128. The first-order chi connectivity index (χ1) is 11.5. The second kappa shape index (κ2) is 7.19. The molecular weight excluding hydrogens is 348 g/mol. The standard InChI is InChI=1S/C17H19ClN2O3S/c18-15-7-2-8-16(17(15)12-4-3-9-19-11-12)24(22,23)20-13-5-1-6-14(21)10-13/h2-4,7-9,11,13-14,20-21H,1,5-6,10H2. The Bertz CT molecular complexity index is 812. The van der Waals surface area contributed by atoms with Crippen molar-refractivity contribution in [2.75, 3.05) is 0 Å². The molecule has 1 saturated carbocycles. The van der Waals surface area contributed by atoms with Crippen LogP contribution in [-0.4, -0.2) is 30.7 Å². The molecule has 1 fully saturated rings. The van der Waals surface area contributed by atoms with Crippen LogP contribution in [0.4, 0.5) is 0 Å². The van der Waals surface area contributed by atoms with Gasteiger partial charge in [0.2, 0.25) is 10.0 Å². The summed E-state index contributed by atoms with van der Waals surface area (Å²) in [6, 6.07) is 8.06. The molecule has 0 saturated heterocycles. The van der Waals surface area contributed by atoms with E-state index < -0.39 is 16.1 Å². The molecule has 0 radical (unpaired) electrons. The van der Waals surface area contributed by atoms with Crippen molar-refractivity contribution in [1.29, 1.82) is 0 Å². The molecule has 128 valence electrons. The van der Waals surface area contributed by atoms with Crippen LogP contribution >= 0.6 is 11.6 Å². The summed E-state index contributed by atoms with van der Waals surface area (Å²) < 4.78 is 28.5. The summed E-state index contributed by atoms with van der Waals surface area (Å²) in [6.07, 6.45) is 5.43. The quantitative estimate of drug-likeness (QED) is 0.871. The van der Waals surface area contributed by atoms with Crippen molar-refractivity contribution < 1.29 is 13.5 Å². The van der Waals surface area contributed by atoms with Crippen LogP contribution in [0, 0.1) is 0 Å². The molecule has 3 rings (SSSR count). The largest absolute Gasteiger partial charge is 0.393 e. The molecule has 1 aromatic heterocycles. The van der Waals surface area contributed by atoms with Crippen molar-refractivity contribution in [2.45, 2.75) is 42.7 Å². The van der Waals surface area contributed by atoms with Gasteiger partial charge < -0.3 is 5.11 Å². The predicted molar refractivity (Wildman–Crippen MR) is 93.3 cm³/mol. The van der Waals surface area contributed by atoms with Crippen LogP contribution in [-0.2, 0) is 10.0 Å². The fourth-order valence-corrected chi connectivity index (χ4v) is 4.95. The van der Waals surface area contributed by atoms with Crippen LogP contribution < -0.4 is 4.72 Å². The Kier molecular flexibility index (Phi) is 5.20. The van der Waals surface area contributed by atoms with Gasteiger partial charge in [0.25, 0.3) is 0 Å². The highest BCUT2D eigenvalue weighted by molar-refractivity contribution is 7.89. The molecule has 0 bridgehead atoms. The molecule has 2 unspecified atom stereocenters. The Balaban J connectivity index is 1.98. The van der Waals surface area contributed by atoms with Crippen molar-refractivity contribution in [1.82, 2.24) is 9.71 Å². The number of nitrogens with zero attached hydrogens (tertiary/aromatic N) is 1. The van der Waals surface area contributed by atoms with Gasteiger partial charge in [0, 0.05) is 34.6 Å². The summed E-state index contributed by atoms with van der Waals surface area (Å²) in [5.41, 5.74) is 1.09. The Labute approximate surface area is 146 Å². The number of hydrogen-bond acceptors (Lipinski definition) is 4. The highest BCUT2D eigenvalue weighted by atomic mass is 35.5. The third-order valence-electron chi connectivity index (χ3n) is 4.18. The molecule has 0 amide bonds. The van der Waals surface area contributed by atoms with E-state index in [4.69, 9.17) is 11.6 Å². The molecule has 1 heterocycles. The van der Waals surface area contributed by atoms with Crippen LogP contribution in [0.1, 0.15) is 25.7 Å². The molecule has 1 aliphatic carbocycles. The number of pyridine rings is 1. The first-order valence-corrected chi connectivity index (χ1v) is 9.73. The SMILES string of the molecule is O=S(=O)(NC1CCCC(O)C1)c1cccc(Cl)c1-c1cccnc1. The topological polar surface area (TPSA) is 79.3 Å². The number of rotatable bonds is 4. The maximum Gasteiger partial charge on any atom is 0.241 e. The number of hydrogen-bond donors (Lipinski definition) is 2. The number of aliphatic hydroxyl groups is 1. The van der Waals surface area contributed by atoms with Crippen LogP contribution in [0.25, 0.3) is 11.1 Å². The first-order valence-electron chi connectivity index (χ1n) is 7.86. The first kappa shape index (κ1) is 17.4. The second-order valence-corrected chi connectivity index (χ2v) is 8.08. The Morgan fingerprint density at radius 3 is 2.75 bits per heavy atom. The van der Waals surface area contributed by atoms with Gasteiger partial charge in [-0.25, -0.2) is 13.1 Å². The maximum absolute atomic E-state index is 12.9. The maximum atomic E-state index is 12.9. The highest BCUT2D eigenvalue weighted by Gasteiger charge is 2.28. The third kappa shape index (κ3) is 3.78. The van der Waals surface area contributed by atoms with Crippen molar-refractivity contribution in [3.8, 4) is 11.1 Å². The van der Waals surface area contributed by atoms with Gasteiger partial charge in [-0.15, -0.1) is 0 Å². The van der Waals surface area contributed by atoms with Gasteiger partial charge in [-0.3, -0.25) is 4.98 Å². The minimum Gasteiger partial charge on any atom is -0.393 e. The summed E-state index contributed by atoms with van der Waals surface area (Å²) in [5, 5.41) is 10.1. The van der Waals surface area contributed by atoms with E-state index in [2.05, 4.69) is 9.71 Å². The molecule has 1 aromatic carbocycles. The second-order valence-electron chi connectivity index (χ2n) is 5.99. The lowest BCUT2D eigenvalue weighted by atomic mass is 9.94. The lowest BCUT2D eigenvalue weighted by Gasteiger charge is -2.26. The average Bonchev–Trinajstić information content (AvgIpc) is 2.55. The fourth-order valence-electron chi connectivity index (χ4n) is 3.07. The third-order valence-corrected chi connectivity index (χ3v) is 6.06. The monoisotopic (exact) mass is 366 g/mol. The Morgan fingerprint density at radius 1 is 1.21 bits per heavy atom. The van der Waals surface area contributed by atoms with Crippen LogP contribution in [0.3, 0.4) is 0 Å². The molecule has 2 atom stereocenters. The zero-order valence-corrected chi connectivity index (χ0v) is 14.6. The minimum atomic E-state index is -3.76. The number of nitrogens with one attached hydrogen (secondary N) is 1. The molecule has 7 heteroatoms. The molecule has 2 aromatic rings. The number of aliphatic hydroxyl groups excluding tert-OH is 1. The number of benzene rings is 1. The summed E-state index contributed by atoms with van der Waals surface area (Å²) in [7, 11) is -3.76. The molecule has 0 aliphatic heterocycles. The van der Waals surface area contributed by atoms with Crippen molar-refractivity contribution in [2.24, 2.45) is 0 Å². The van der Waals surface area contributed by atoms with E-state index in [1.807, 2.05) is 0 Å². The lowest BCUT2D eigenvalue weighted by Crippen LogP contribution is -2.39. The van der Waals surface area contributed by atoms with Gasteiger partial charge in [-0.05, 0) is 43.9 Å². The van der Waals surface area contributed by atoms with Crippen molar-refractivity contribution >= 4 is 21.6 Å². The summed E-state index contributed by atoms with van der Waals surface area (Å²) in [4.78, 5) is 4.17. The van der Waals surface area contributed by atoms with Gasteiger partial charge >= 0.3 is 0 Å². The molecule has 0 spiro atoms. The van der Waals surface area contributed by atoms with Gasteiger partial charge in [0.1, 0.15) is 0 Å². The predicted octanol–water partition coefficient (Wildman–Crippen LogP) is 2.98. The van der Waals surface area contributed by atoms with Crippen LogP contribution in [0.15, 0.2) is 47.6 Å². The van der Waals surface area contributed by atoms with Gasteiger partial charge in [-0.1, -0.05) is 23.7 Å². The highest BCUT2D eigenvalue weighted by Crippen LogP contribution is 2.34. The van der Waals surface area contributed by atoms with E-state index in [-0.39, 0.29) is 10.9 Å². The van der Waals surface area contributed by atoms with E-state index in [1.165, 1.54) is 6.07 Å². The number of aromatic nitrogens is 1. The molecular formula is C17H19ClN2O3S. The molecule has 2 N–H and O–H groups in total.